The van der Waals surface area contributed by atoms with Crippen molar-refractivity contribution in [1.29, 1.82) is 0 Å². The number of morpholine rings is 1. The molecule has 1 aliphatic heterocycles. The van der Waals surface area contributed by atoms with Gasteiger partial charge in [-0.25, -0.2) is 4.68 Å². The van der Waals surface area contributed by atoms with Crippen LogP contribution in [-0.4, -0.2) is 79.3 Å². The van der Waals surface area contributed by atoms with Gasteiger partial charge in [-0.15, -0.1) is 5.10 Å². The number of methoxy groups -OCH3 is 3. The van der Waals surface area contributed by atoms with E-state index in [1.165, 1.54) is 21.3 Å². The lowest BCUT2D eigenvalue weighted by Crippen LogP contribution is -2.42. The SMILES string of the molecule is COc1cc([C@H](C(=O)Nc2ccc(N3CCOCC3)cc2)N(Cc2ccccc2)C(=O)Cn2nnc3ccccc32)cc(OC)c1OC. The van der Waals surface area contributed by atoms with Crippen molar-refractivity contribution in [3.63, 3.8) is 0 Å². The first-order chi connectivity index (χ1) is 23.5. The summed E-state index contributed by atoms with van der Waals surface area (Å²) in [5, 5.41) is 11.5. The molecule has 2 heterocycles. The first-order valence-corrected chi connectivity index (χ1v) is 15.6. The van der Waals surface area contributed by atoms with Gasteiger partial charge in [0.05, 0.1) is 40.1 Å². The lowest BCUT2D eigenvalue weighted by molar-refractivity contribution is -0.140. The number of aromatic nitrogens is 3. The van der Waals surface area contributed by atoms with Crippen molar-refractivity contribution >= 4 is 34.2 Å². The Bertz CT molecular complexity index is 1830. The molecule has 0 saturated carbocycles. The second kappa shape index (κ2) is 14.9. The Balaban J connectivity index is 1.40. The number of rotatable bonds is 12. The van der Waals surface area contributed by atoms with E-state index in [4.69, 9.17) is 18.9 Å². The van der Waals surface area contributed by atoms with Gasteiger partial charge in [-0.2, -0.15) is 0 Å². The van der Waals surface area contributed by atoms with Crippen molar-refractivity contribution in [3.8, 4) is 17.2 Å². The summed E-state index contributed by atoms with van der Waals surface area (Å²) in [5.74, 6) is 0.321. The number of amides is 2. The maximum Gasteiger partial charge on any atom is 0.251 e. The summed E-state index contributed by atoms with van der Waals surface area (Å²) >= 11 is 0. The van der Waals surface area contributed by atoms with Gasteiger partial charge in [-0.05, 0) is 59.7 Å². The van der Waals surface area contributed by atoms with Crippen molar-refractivity contribution in [3.05, 3.63) is 102 Å². The van der Waals surface area contributed by atoms with E-state index < -0.39 is 11.9 Å². The van der Waals surface area contributed by atoms with Gasteiger partial charge >= 0.3 is 0 Å². The molecule has 0 radical (unpaired) electrons. The van der Waals surface area contributed by atoms with E-state index in [2.05, 4.69) is 20.5 Å². The maximum atomic E-state index is 14.5. The third-order valence-corrected chi connectivity index (χ3v) is 8.30. The van der Waals surface area contributed by atoms with Gasteiger partial charge in [-0.1, -0.05) is 47.7 Å². The van der Waals surface area contributed by atoms with E-state index in [1.807, 2.05) is 78.9 Å². The highest BCUT2D eigenvalue weighted by Crippen LogP contribution is 2.41. The highest BCUT2D eigenvalue weighted by Gasteiger charge is 2.34. The smallest absolute Gasteiger partial charge is 0.251 e. The van der Waals surface area contributed by atoms with Gasteiger partial charge in [0.2, 0.25) is 11.7 Å². The molecule has 12 heteroatoms. The van der Waals surface area contributed by atoms with E-state index in [1.54, 1.807) is 21.7 Å². The number of carbonyl (C=O) groups is 2. The molecule has 4 aromatic carbocycles. The Morgan fingerprint density at radius 1 is 0.875 bits per heavy atom. The molecule has 12 nitrogen and oxygen atoms in total. The molecule has 48 heavy (non-hydrogen) atoms. The average Bonchev–Trinajstić information content (AvgIpc) is 3.54. The topological polar surface area (TPSA) is 120 Å². The molecule has 0 bridgehead atoms. The summed E-state index contributed by atoms with van der Waals surface area (Å²) < 4.78 is 23.9. The number of anilines is 2. The fourth-order valence-corrected chi connectivity index (χ4v) is 5.88. The number of fused-ring (bicyclic) bond motifs is 1. The zero-order valence-electron chi connectivity index (χ0n) is 27.2. The molecule has 6 rings (SSSR count). The number of carbonyl (C=O) groups excluding carboxylic acids is 2. The number of nitrogens with one attached hydrogen (secondary N) is 1. The quantitative estimate of drug-likeness (QED) is 0.205. The number of ether oxygens (including phenoxy) is 4. The molecular weight excluding hydrogens is 612 g/mol. The fourth-order valence-electron chi connectivity index (χ4n) is 5.88. The van der Waals surface area contributed by atoms with E-state index in [0.717, 1.165) is 24.3 Å². The Morgan fingerprint density at radius 3 is 2.21 bits per heavy atom. The van der Waals surface area contributed by atoms with Crippen molar-refractivity contribution in [2.75, 3.05) is 57.8 Å². The Kier molecular flexibility index (Phi) is 10.0. The van der Waals surface area contributed by atoms with Crippen LogP contribution in [0.1, 0.15) is 17.2 Å². The lowest BCUT2D eigenvalue weighted by Gasteiger charge is -2.32. The molecule has 0 spiro atoms. The Hall–Kier alpha value is -5.62. The zero-order valence-corrected chi connectivity index (χ0v) is 27.2. The number of para-hydroxylation sites is 1. The monoisotopic (exact) mass is 650 g/mol. The summed E-state index contributed by atoms with van der Waals surface area (Å²) in [4.78, 5) is 32.7. The van der Waals surface area contributed by atoms with Crippen LogP contribution in [0.5, 0.6) is 17.2 Å². The molecule has 0 unspecified atom stereocenters. The minimum atomic E-state index is -1.11. The molecule has 2 amide bonds. The largest absolute Gasteiger partial charge is 0.493 e. The highest BCUT2D eigenvalue weighted by molar-refractivity contribution is 5.98. The third kappa shape index (κ3) is 7.03. The molecular formula is C36H38N6O6. The second-order valence-electron chi connectivity index (χ2n) is 11.2. The second-order valence-corrected chi connectivity index (χ2v) is 11.2. The van der Waals surface area contributed by atoms with E-state index in [9.17, 15) is 9.59 Å². The third-order valence-electron chi connectivity index (χ3n) is 8.30. The normalized spacial score (nSPS) is 13.5. The van der Waals surface area contributed by atoms with Crippen LogP contribution in [0, 0.1) is 0 Å². The predicted octanol–water partition coefficient (Wildman–Crippen LogP) is 4.70. The molecule has 5 aromatic rings. The van der Waals surface area contributed by atoms with Crippen LogP contribution in [0.2, 0.25) is 0 Å². The van der Waals surface area contributed by atoms with Crippen molar-refractivity contribution in [2.24, 2.45) is 0 Å². The van der Waals surface area contributed by atoms with E-state index in [-0.39, 0.29) is 19.0 Å². The Morgan fingerprint density at radius 2 is 1.54 bits per heavy atom. The van der Waals surface area contributed by atoms with Crippen LogP contribution in [0.25, 0.3) is 11.0 Å². The van der Waals surface area contributed by atoms with Crippen LogP contribution in [-0.2, 0) is 27.4 Å². The first-order valence-electron chi connectivity index (χ1n) is 15.6. The van der Waals surface area contributed by atoms with E-state index >= 15 is 0 Å². The van der Waals surface area contributed by atoms with Crippen LogP contribution < -0.4 is 24.4 Å². The minimum Gasteiger partial charge on any atom is -0.493 e. The summed E-state index contributed by atoms with van der Waals surface area (Å²) in [6.45, 7) is 2.93. The molecule has 1 fully saturated rings. The molecule has 1 atom stereocenters. The summed E-state index contributed by atoms with van der Waals surface area (Å²) in [6, 6.07) is 26.9. The van der Waals surface area contributed by atoms with Crippen LogP contribution in [0.15, 0.2) is 91.0 Å². The van der Waals surface area contributed by atoms with Gasteiger partial charge in [-0.3, -0.25) is 9.59 Å². The van der Waals surface area contributed by atoms with Gasteiger partial charge in [0.15, 0.2) is 11.5 Å². The predicted molar refractivity (Wildman–Crippen MR) is 181 cm³/mol. The van der Waals surface area contributed by atoms with Crippen molar-refractivity contribution in [1.82, 2.24) is 19.9 Å². The standard InChI is InChI=1S/C36H38N6O6/c1-45-31-21-26(22-32(46-2)35(31)47-3)34(36(44)37-27-13-15-28(16-14-27)40-17-19-48-20-18-40)41(23-25-9-5-4-6-10-25)33(43)24-42-30-12-8-7-11-29(30)38-39-42/h4-16,21-22,34H,17-20,23-24H2,1-3H3,(H,37,44)/t34-/m1/s1. The van der Waals surface area contributed by atoms with Crippen LogP contribution in [0.3, 0.4) is 0 Å². The zero-order chi connectivity index (χ0) is 33.5. The summed E-state index contributed by atoms with van der Waals surface area (Å²) in [5.41, 5.74) is 4.32. The van der Waals surface area contributed by atoms with Crippen molar-refractivity contribution < 1.29 is 28.5 Å². The minimum absolute atomic E-state index is 0.136. The fraction of sp³-hybridized carbons (Fsp3) is 0.278. The number of hydrogen-bond acceptors (Lipinski definition) is 9. The van der Waals surface area contributed by atoms with Gasteiger partial charge < -0.3 is 34.1 Å². The number of hydrogen-bond donors (Lipinski definition) is 1. The summed E-state index contributed by atoms with van der Waals surface area (Å²) in [6.07, 6.45) is 0. The summed E-state index contributed by atoms with van der Waals surface area (Å²) in [7, 11) is 4.53. The first kappa shape index (κ1) is 32.3. The van der Waals surface area contributed by atoms with Gasteiger partial charge in [0, 0.05) is 31.0 Å². The number of benzene rings is 4. The maximum absolute atomic E-state index is 14.5. The highest BCUT2D eigenvalue weighted by atomic mass is 16.5. The molecule has 1 N–H and O–H groups in total. The number of nitrogens with zero attached hydrogens (tertiary/aromatic N) is 5. The Labute approximate surface area is 278 Å². The van der Waals surface area contributed by atoms with Crippen LogP contribution in [0.4, 0.5) is 11.4 Å². The van der Waals surface area contributed by atoms with Gasteiger partial charge in [0.25, 0.3) is 5.91 Å². The van der Waals surface area contributed by atoms with Crippen molar-refractivity contribution in [2.45, 2.75) is 19.1 Å². The molecule has 1 aromatic heterocycles. The molecule has 0 aliphatic carbocycles. The van der Waals surface area contributed by atoms with Crippen LogP contribution >= 0.6 is 0 Å². The molecule has 1 saturated heterocycles. The average molecular weight is 651 g/mol. The molecule has 1 aliphatic rings. The van der Waals surface area contributed by atoms with E-state index in [0.29, 0.717) is 52.7 Å². The lowest BCUT2D eigenvalue weighted by atomic mass is 10.0. The van der Waals surface area contributed by atoms with Gasteiger partial charge in [0.1, 0.15) is 18.1 Å². The molecule has 248 valence electrons.